The number of guanidine groups is 1. The van der Waals surface area contributed by atoms with E-state index >= 15 is 0 Å². The van der Waals surface area contributed by atoms with Crippen molar-refractivity contribution in [2.24, 2.45) is 22.2 Å². The van der Waals surface area contributed by atoms with E-state index in [1.54, 1.807) is 27.7 Å². The van der Waals surface area contributed by atoms with Crippen molar-refractivity contribution in [1.29, 1.82) is 0 Å². The van der Waals surface area contributed by atoms with E-state index in [2.05, 4.69) is 56.1 Å². The molecule has 1 saturated heterocycles. The van der Waals surface area contributed by atoms with Crippen LogP contribution >= 0.6 is 0 Å². The van der Waals surface area contributed by atoms with Gasteiger partial charge in [-0.25, -0.2) is 0 Å². The van der Waals surface area contributed by atoms with Crippen LogP contribution in [-0.4, -0.2) is 85.3 Å². The van der Waals surface area contributed by atoms with Gasteiger partial charge in [0.1, 0.15) is 23.7 Å². The normalized spacial score (nSPS) is 28.4. The molecule has 7 N–H and O–H groups in total. The molecule has 3 aliphatic rings. The Bertz CT molecular complexity index is 1120. The van der Waals surface area contributed by atoms with E-state index in [0.717, 1.165) is 32.2 Å². The lowest BCUT2D eigenvalue weighted by Gasteiger charge is -2.34. The summed E-state index contributed by atoms with van der Waals surface area (Å²) in [6.45, 7) is 13.3. The smallest absolute Gasteiger partial charge is 0.246 e. The lowest BCUT2D eigenvalue weighted by atomic mass is 9.84. The standard InChI is InChI=1S/C33H58N8O5/c1-7-23-28(44)39-25(18-22-12-9-8-10-13-22)27(43)34-17-15-33(6,41-26(42)21(2)3)30(46)40-24(29(45)38-23)14-11-16-35-31-36-19-32(4,5)20-37-31/h21-25H,7-20H2,1-6H3,(H,34,43)(H,38,45)(H,39,44)(H,40,46)(H,41,42)(H2,35,36,37)/t23-,24-,25+,33+/m0/s1. The number of carbonyl (C=O) groups excluding carboxylic acids is 5. The molecule has 0 spiro atoms. The van der Waals surface area contributed by atoms with Gasteiger partial charge in [0.25, 0.3) is 0 Å². The van der Waals surface area contributed by atoms with Crippen LogP contribution < -0.4 is 37.2 Å². The van der Waals surface area contributed by atoms with E-state index in [0.29, 0.717) is 44.2 Å². The second-order valence-corrected chi connectivity index (χ2v) is 14.6. The van der Waals surface area contributed by atoms with Gasteiger partial charge in [-0.1, -0.05) is 66.7 Å². The summed E-state index contributed by atoms with van der Waals surface area (Å²) < 4.78 is 0. The molecule has 1 aliphatic carbocycles. The zero-order valence-corrected chi connectivity index (χ0v) is 28.8. The van der Waals surface area contributed by atoms with Crippen LogP contribution in [0.2, 0.25) is 0 Å². The van der Waals surface area contributed by atoms with Crippen LogP contribution in [0, 0.1) is 17.3 Å². The largest absolute Gasteiger partial charge is 0.356 e. The number of nitrogens with one attached hydrogen (secondary N) is 7. The van der Waals surface area contributed by atoms with Crippen molar-refractivity contribution in [3.63, 3.8) is 0 Å². The van der Waals surface area contributed by atoms with Crippen molar-refractivity contribution in [3.05, 3.63) is 0 Å². The van der Waals surface area contributed by atoms with E-state index in [4.69, 9.17) is 0 Å². The van der Waals surface area contributed by atoms with Gasteiger partial charge in [0.15, 0.2) is 5.96 Å². The summed E-state index contributed by atoms with van der Waals surface area (Å²) in [5, 5.41) is 20.9. The molecule has 46 heavy (non-hydrogen) atoms. The lowest BCUT2D eigenvalue weighted by Crippen LogP contribution is -2.63. The number of carbonyl (C=O) groups is 5. The van der Waals surface area contributed by atoms with Crippen LogP contribution in [0.15, 0.2) is 4.99 Å². The molecule has 260 valence electrons. The molecule has 0 bridgehead atoms. The molecule has 2 fully saturated rings. The Morgan fingerprint density at radius 3 is 2.22 bits per heavy atom. The van der Waals surface area contributed by atoms with Gasteiger partial charge in [0, 0.05) is 37.5 Å². The van der Waals surface area contributed by atoms with Crippen LogP contribution in [0.1, 0.15) is 106 Å². The number of hydrogen-bond donors (Lipinski definition) is 7. The molecular formula is C33H58N8O5. The van der Waals surface area contributed by atoms with Gasteiger partial charge in [-0.05, 0) is 44.9 Å². The van der Waals surface area contributed by atoms with Crippen LogP contribution in [-0.2, 0) is 24.0 Å². The third kappa shape index (κ3) is 11.2. The molecule has 3 rings (SSSR count). The van der Waals surface area contributed by atoms with Crippen LogP contribution in [0.5, 0.6) is 0 Å². The third-order valence-corrected chi connectivity index (χ3v) is 9.30. The highest BCUT2D eigenvalue weighted by Crippen LogP contribution is 2.27. The van der Waals surface area contributed by atoms with Crippen LogP contribution in [0.4, 0.5) is 0 Å². The molecule has 0 aromatic heterocycles. The monoisotopic (exact) mass is 646 g/mol. The summed E-state index contributed by atoms with van der Waals surface area (Å²) >= 11 is 0. The SMILES string of the molecule is CC[C@@H]1NC(=O)[C@H](CCCNC2=NCC(C)(C)CN2)NC(=O)[C@](C)(NC(=O)C(C)C)CCNC(=O)[C@@H](CC2CCCCC2)NC1=O. The van der Waals surface area contributed by atoms with Crippen molar-refractivity contribution in [3.8, 4) is 0 Å². The first-order valence-electron chi connectivity index (χ1n) is 17.3. The Kier molecular flexibility index (Phi) is 13.7. The van der Waals surface area contributed by atoms with Crippen LogP contribution in [0.3, 0.4) is 0 Å². The molecular weight excluding hydrogens is 588 g/mol. The summed E-state index contributed by atoms with van der Waals surface area (Å²) in [6, 6.07) is -2.61. The first-order valence-corrected chi connectivity index (χ1v) is 17.3. The van der Waals surface area contributed by atoms with Crippen molar-refractivity contribution in [2.45, 2.75) is 129 Å². The lowest BCUT2D eigenvalue weighted by molar-refractivity contribution is -0.138. The van der Waals surface area contributed by atoms with Gasteiger partial charge in [0.2, 0.25) is 29.5 Å². The Labute approximate surface area is 274 Å². The van der Waals surface area contributed by atoms with E-state index in [-0.39, 0.29) is 42.5 Å². The van der Waals surface area contributed by atoms with Crippen molar-refractivity contribution in [2.75, 3.05) is 26.2 Å². The zero-order valence-electron chi connectivity index (χ0n) is 28.8. The Hall–Kier alpha value is -3.38. The van der Waals surface area contributed by atoms with Gasteiger partial charge >= 0.3 is 0 Å². The van der Waals surface area contributed by atoms with E-state index in [9.17, 15) is 24.0 Å². The highest BCUT2D eigenvalue weighted by molar-refractivity contribution is 5.97. The molecule has 4 atom stereocenters. The molecule has 0 aromatic rings. The Morgan fingerprint density at radius 2 is 1.59 bits per heavy atom. The Balaban J connectivity index is 1.81. The fourth-order valence-corrected chi connectivity index (χ4v) is 6.04. The fourth-order valence-electron chi connectivity index (χ4n) is 6.04. The van der Waals surface area contributed by atoms with Gasteiger partial charge in [-0.2, -0.15) is 0 Å². The van der Waals surface area contributed by atoms with Crippen molar-refractivity contribution >= 4 is 35.5 Å². The van der Waals surface area contributed by atoms with Crippen LogP contribution in [0.25, 0.3) is 0 Å². The van der Waals surface area contributed by atoms with Gasteiger partial charge in [0.05, 0.1) is 0 Å². The molecule has 2 heterocycles. The molecule has 1 saturated carbocycles. The van der Waals surface area contributed by atoms with Gasteiger partial charge in [-0.15, -0.1) is 0 Å². The molecule has 13 heteroatoms. The number of nitrogens with zero attached hydrogens (tertiary/aromatic N) is 1. The maximum atomic E-state index is 13.8. The van der Waals surface area contributed by atoms with E-state index in [1.807, 2.05) is 0 Å². The molecule has 2 aliphatic heterocycles. The number of hydrogen-bond acceptors (Lipinski definition) is 8. The molecule has 0 radical (unpaired) electrons. The average Bonchev–Trinajstić information content (AvgIpc) is 3.01. The van der Waals surface area contributed by atoms with Gasteiger partial charge in [-0.3, -0.25) is 29.0 Å². The molecule has 5 amide bonds. The second kappa shape index (κ2) is 17.0. The highest BCUT2D eigenvalue weighted by Gasteiger charge is 2.39. The predicted molar refractivity (Wildman–Crippen MR) is 178 cm³/mol. The van der Waals surface area contributed by atoms with Crippen molar-refractivity contribution < 1.29 is 24.0 Å². The number of aliphatic imine (C=N–C) groups is 1. The Morgan fingerprint density at radius 1 is 0.913 bits per heavy atom. The average molecular weight is 647 g/mol. The maximum Gasteiger partial charge on any atom is 0.246 e. The number of rotatable bonds is 9. The quantitative estimate of drug-likeness (QED) is 0.184. The fraction of sp³-hybridized carbons (Fsp3) is 0.818. The minimum Gasteiger partial charge on any atom is -0.356 e. The molecule has 0 aromatic carbocycles. The summed E-state index contributed by atoms with van der Waals surface area (Å²) in [5.41, 5.74) is -1.31. The van der Waals surface area contributed by atoms with Gasteiger partial charge < -0.3 is 37.2 Å². The topological polar surface area (TPSA) is 182 Å². The summed E-state index contributed by atoms with van der Waals surface area (Å²) in [5.74, 6) is -1.44. The third-order valence-electron chi connectivity index (χ3n) is 9.30. The number of amides is 5. The first kappa shape index (κ1) is 37.1. The maximum absolute atomic E-state index is 13.8. The minimum atomic E-state index is -1.39. The van der Waals surface area contributed by atoms with E-state index < -0.39 is 41.4 Å². The first-order chi connectivity index (χ1) is 21.7. The second-order valence-electron chi connectivity index (χ2n) is 14.6. The minimum absolute atomic E-state index is 0.0809. The molecule has 0 unspecified atom stereocenters. The predicted octanol–water partition coefficient (Wildman–Crippen LogP) is 1.23. The van der Waals surface area contributed by atoms with E-state index in [1.165, 1.54) is 6.42 Å². The summed E-state index contributed by atoms with van der Waals surface area (Å²) in [4.78, 5) is 71.7. The highest BCUT2D eigenvalue weighted by atomic mass is 16.2. The summed E-state index contributed by atoms with van der Waals surface area (Å²) in [7, 11) is 0. The zero-order chi connectivity index (χ0) is 33.9. The summed E-state index contributed by atoms with van der Waals surface area (Å²) in [6.07, 6.45) is 7.12. The van der Waals surface area contributed by atoms with Crippen molar-refractivity contribution in [1.82, 2.24) is 37.2 Å². The molecule has 13 nitrogen and oxygen atoms in total.